The highest BCUT2D eigenvalue weighted by molar-refractivity contribution is 7.98. The van der Waals surface area contributed by atoms with Crippen LogP contribution in [0.4, 0.5) is 10.7 Å². The van der Waals surface area contributed by atoms with E-state index in [1.54, 1.807) is 6.20 Å². The molecular formula is C14H10N6O3S3. The van der Waals surface area contributed by atoms with E-state index in [4.69, 9.17) is 5.14 Å². The van der Waals surface area contributed by atoms with Gasteiger partial charge in [0.15, 0.2) is 5.00 Å². The molecule has 0 fully saturated rings. The third-order valence-electron chi connectivity index (χ3n) is 3.28. The van der Waals surface area contributed by atoms with Gasteiger partial charge in [0.2, 0.25) is 10.0 Å². The van der Waals surface area contributed by atoms with Gasteiger partial charge in [-0.15, -0.1) is 22.0 Å². The minimum Gasteiger partial charge on any atom is -0.507 e. The third kappa shape index (κ3) is 3.37. The van der Waals surface area contributed by atoms with Gasteiger partial charge < -0.3 is 5.11 Å². The Morgan fingerprint density at radius 3 is 2.81 bits per heavy atom. The molecule has 0 bridgehead atoms. The third-order valence-corrected chi connectivity index (χ3v) is 5.67. The first-order valence-electron chi connectivity index (χ1n) is 6.85. The number of aromatic nitrogens is 2. The molecule has 132 valence electrons. The van der Waals surface area contributed by atoms with E-state index in [1.165, 1.54) is 23.9 Å². The molecule has 0 radical (unpaired) electrons. The van der Waals surface area contributed by atoms with Crippen molar-refractivity contribution in [3.63, 3.8) is 0 Å². The number of benzene rings is 1. The lowest BCUT2D eigenvalue weighted by molar-refractivity contribution is 0.459. The largest absolute Gasteiger partial charge is 0.507 e. The van der Waals surface area contributed by atoms with Crippen molar-refractivity contribution < 1.29 is 13.5 Å². The summed E-state index contributed by atoms with van der Waals surface area (Å²) in [4.78, 5) is 3.78. The maximum atomic E-state index is 11.4. The summed E-state index contributed by atoms with van der Waals surface area (Å²) < 4.78 is 27.1. The van der Waals surface area contributed by atoms with Gasteiger partial charge in [0, 0.05) is 6.20 Å². The quantitative estimate of drug-likeness (QED) is 0.498. The van der Waals surface area contributed by atoms with E-state index in [0.717, 1.165) is 17.6 Å². The molecule has 3 aromatic rings. The zero-order chi connectivity index (χ0) is 18.9. The Morgan fingerprint density at radius 2 is 2.15 bits per heavy atom. The van der Waals surface area contributed by atoms with E-state index in [2.05, 4.69) is 25.7 Å². The van der Waals surface area contributed by atoms with Crippen LogP contribution in [0, 0.1) is 11.3 Å². The lowest BCUT2D eigenvalue weighted by atomic mass is 10.2. The molecule has 0 spiro atoms. The Hall–Kier alpha value is -2.59. The highest BCUT2D eigenvalue weighted by atomic mass is 32.2. The van der Waals surface area contributed by atoms with Gasteiger partial charge >= 0.3 is 0 Å². The van der Waals surface area contributed by atoms with E-state index in [9.17, 15) is 18.8 Å². The number of fused-ring (bicyclic) bond motifs is 1. The average molecular weight is 406 g/mol. The van der Waals surface area contributed by atoms with Gasteiger partial charge in [0.1, 0.15) is 32.8 Å². The zero-order valence-electron chi connectivity index (χ0n) is 13.1. The number of hydrogen-bond acceptors (Lipinski definition) is 10. The number of hydrogen-bond donors (Lipinski definition) is 2. The molecule has 0 aliphatic carbocycles. The van der Waals surface area contributed by atoms with E-state index in [1.807, 2.05) is 6.26 Å². The molecule has 0 atom stereocenters. The molecule has 9 nitrogen and oxygen atoms in total. The van der Waals surface area contributed by atoms with Gasteiger partial charge in [-0.3, -0.25) is 0 Å². The topological polar surface area (TPSA) is 155 Å². The Labute approximate surface area is 156 Å². The summed E-state index contributed by atoms with van der Waals surface area (Å²) in [5, 5.41) is 33.5. The molecule has 0 amide bonds. The average Bonchev–Trinajstić information content (AvgIpc) is 3.02. The number of nitriles is 1. The number of nitrogens with two attached hydrogens (primary N) is 1. The van der Waals surface area contributed by atoms with Crippen molar-refractivity contribution in [3.8, 4) is 11.8 Å². The predicted molar refractivity (Wildman–Crippen MR) is 97.6 cm³/mol. The fraction of sp³-hybridized carbons (Fsp3) is 0.0714. The number of rotatable bonds is 4. The molecule has 0 aliphatic heterocycles. The highest BCUT2D eigenvalue weighted by Crippen LogP contribution is 2.36. The Bertz CT molecular complexity index is 1180. The molecule has 0 saturated heterocycles. The number of thioether (sulfide) groups is 1. The molecule has 2 aromatic heterocycles. The number of azo groups is 1. The first-order chi connectivity index (χ1) is 12.3. The van der Waals surface area contributed by atoms with Crippen molar-refractivity contribution in [2.24, 2.45) is 15.4 Å². The van der Waals surface area contributed by atoms with Crippen LogP contribution in [0.3, 0.4) is 0 Å². The fourth-order valence-corrected chi connectivity index (χ4v) is 3.94. The summed E-state index contributed by atoms with van der Waals surface area (Å²) in [6.07, 6.45) is 3.38. The molecule has 0 unspecified atom stereocenters. The van der Waals surface area contributed by atoms with Crippen molar-refractivity contribution in [2.75, 3.05) is 6.26 Å². The van der Waals surface area contributed by atoms with Crippen LogP contribution >= 0.6 is 23.3 Å². The summed E-state index contributed by atoms with van der Waals surface area (Å²) >= 11 is 2.38. The molecule has 26 heavy (non-hydrogen) atoms. The van der Waals surface area contributed by atoms with Gasteiger partial charge in [0.05, 0.1) is 11.1 Å². The smallest absolute Gasteiger partial charge is 0.241 e. The van der Waals surface area contributed by atoms with Crippen LogP contribution < -0.4 is 5.14 Å². The van der Waals surface area contributed by atoms with Gasteiger partial charge in [0.25, 0.3) is 0 Å². The minimum absolute atomic E-state index is 0.183. The summed E-state index contributed by atoms with van der Waals surface area (Å²) in [5.41, 5.74) is 1.04. The molecule has 2 heterocycles. The van der Waals surface area contributed by atoms with Crippen LogP contribution in [0.2, 0.25) is 0 Å². The SMILES string of the molecule is CSc1ncc2c(N=Nc3ccc(O)c(S(N)(=O)=O)c3)snc2c1C#N. The van der Waals surface area contributed by atoms with Gasteiger partial charge in [-0.2, -0.15) is 9.64 Å². The lowest BCUT2D eigenvalue weighted by Crippen LogP contribution is -2.12. The Morgan fingerprint density at radius 1 is 1.38 bits per heavy atom. The zero-order valence-corrected chi connectivity index (χ0v) is 15.6. The second-order valence-electron chi connectivity index (χ2n) is 4.90. The summed E-state index contributed by atoms with van der Waals surface area (Å²) in [5.74, 6) is -0.470. The summed E-state index contributed by atoms with van der Waals surface area (Å²) in [6, 6.07) is 5.76. The number of aromatic hydroxyl groups is 1. The minimum atomic E-state index is -4.09. The van der Waals surface area contributed by atoms with Crippen molar-refractivity contribution in [2.45, 2.75) is 9.92 Å². The molecule has 1 aromatic carbocycles. The fourth-order valence-electron chi connectivity index (χ4n) is 2.10. The van der Waals surface area contributed by atoms with Crippen molar-refractivity contribution >= 4 is 54.9 Å². The number of phenols is 1. The number of pyridine rings is 1. The van der Waals surface area contributed by atoms with Gasteiger partial charge in [-0.25, -0.2) is 18.5 Å². The summed E-state index contributed by atoms with van der Waals surface area (Å²) in [7, 11) is -4.09. The van der Waals surface area contributed by atoms with E-state index >= 15 is 0 Å². The molecule has 3 rings (SSSR count). The second-order valence-corrected chi connectivity index (χ2v) is 7.98. The first kappa shape index (κ1) is 18.2. The second kappa shape index (κ2) is 6.96. The van der Waals surface area contributed by atoms with Crippen LogP contribution in [-0.4, -0.2) is 29.1 Å². The number of phenolic OH excluding ortho intramolecular Hbond substituents is 1. The van der Waals surface area contributed by atoms with Crippen LogP contribution in [0.1, 0.15) is 5.56 Å². The lowest BCUT2D eigenvalue weighted by Gasteiger charge is -2.02. The van der Waals surface area contributed by atoms with Gasteiger partial charge in [-0.1, -0.05) is 0 Å². The van der Waals surface area contributed by atoms with Crippen molar-refractivity contribution in [1.29, 1.82) is 5.26 Å². The maximum Gasteiger partial charge on any atom is 0.241 e. The number of sulfonamides is 1. The van der Waals surface area contributed by atoms with E-state index < -0.39 is 20.7 Å². The van der Waals surface area contributed by atoms with Crippen LogP contribution in [0.15, 0.2) is 44.5 Å². The first-order valence-corrected chi connectivity index (χ1v) is 10.4. The van der Waals surface area contributed by atoms with Crippen LogP contribution in [0.25, 0.3) is 10.9 Å². The molecule has 12 heteroatoms. The highest BCUT2D eigenvalue weighted by Gasteiger charge is 2.16. The van der Waals surface area contributed by atoms with Gasteiger partial charge in [-0.05, 0) is 36.0 Å². The molecular weight excluding hydrogens is 396 g/mol. The summed E-state index contributed by atoms with van der Waals surface area (Å²) in [6.45, 7) is 0. The Balaban J connectivity index is 2.04. The van der Waals surface area contributed by atoms with Crippen LogP contribution in [0.5, 0.6) is 5.75 Å². The molecule has 0 aliphatic rings. The van der Waals surface area contributed by atoms with Crippen LogP contribution in [-0.2, 0) is 10.0 Å². The maximum absolute atomic E-state index is 11.4. The normalized spacial score (nSPS) is 11.9. The van der Waals surface area contributed by atoms with E-state index in [-0.39, 0.29) is 5.69 Å². The Kier molecular flexibility index (Phi) is 4.88. The van der Waals surface area contributed by atoms with Crippen molar-refractivity contribution in [3.05, 3.63) is 30.0 Å². The number of nitrogens with zero attached hydrogens (tertiary/aromatic N) is 5. The number of primary sulfonamides is 1. The molecule has 3 N–H and O–H groups in total. The molecule has 0 saturated carbocycles. The van der Waals surface area contributed by atoms with E-state index in [0.29, 0.717) is 26.5 Å². The standard InChI is InChI=1S/C14H10N6O3S3/c1-24-13-8(5-15)12-9(6-17-13)14(25-20-12)19-18-7-2-3-10(21)11(4-7)26(16,22)23/h2-4,6,21H,1H3,(H2,16,22,23). The van der Waals surface area contributed by atoms with Crippen molar-refractivity contribution in [1.82, 2.24) is 9.36 Å². The monoisotopic (exact) mass is 406 g/mol. The predicted octanol–water partition coefficient (Wildman–Crippen LogP) is 3.05.